The van der Waals surface area contributed by atoms with Crippen LogP contribution >= 0.6 is 0 Å². The highest BCUT2D eigenvalue weighted by atomic mass is 15.0. The molecule has 2 heteroatoms. The van der Waals surface area contributed by atoms with Crippen LogP contribution in [0.2, 0.25) is 0 Å². The van der Waals surface area contributed by atoms with Gasteiger partial charge in [0.05, 0.1) is 5.52 Å². The minimum atomic E-state index is -0.287. The summed E-state index contributed by atoms with van der Waals surface area (Å²) in [6.07, 6.45) is 2.12. The molecule has 1 aromatic carbocycles. The van der Waals surface area contributed by atoms with Gasteiger partial charge >= 0.3 is 0 Å². The van der Waals surface area contributed by atoms with Gasteiger partial charge in [-0.2, -0.15) is 0 Å². The number of benzene rings is 1. The highest BCUT2D eigenvalue weighted by molar-refractivity contribution is 5.84. The van der Waals surface area contributed by atoms with Crippen LogP contribution in [-0.2, 0) is 12.1 Å². The highest BCUT2D eigenvalue weighted by Gasteiger charge is 2.18. The molecule has 0 aliphatic carbocycles. The Morgan fingerprint density at radius 2 is 2.00 bits per heavy atom. The maximum Gasteiger partial charge on any atom is 0.0531 e. The number of hydrogen-bond acceptors (Lipinski definition) is 1. The molecule has 1 heterocycles. The first kappa shape index (κ1) is 10.2. The van der Waals surface area contributed by atoms with Gasteiger partial charge in [0.25, 0.3) is 0 Å². The van der Waals surface area contributed by atoms with Crippen molar-refractivity contribution in [3.05, 3.63) is 36.0 Å². The molecule has 2 rings (SSSR count). The summed E-state index contributed by atoms with van der Waals surface area (Å²) in [7, 11) is 0. The van der Waals surface area contributed by atoms with Gasteiger partial charge in [0, 0.05) is 18.3 Å². The molecule has 15 heavy (non-hydrogen) atoms. The Hall–Kier alpha value is -1.28. The van der Waals surface area contributed by atoms with Gasteiger partial charge in [0.1, 0.15) is 0 Å². The second-order valence-corrected chi connectivity index (χ2v) is 4.57. The van der Waals surface area contributed by atoms with E-state index < -0.39 is 0 Å². The molecule has 0 spiro atoms. The summed E-state index contributed by atoms with van der Waals surface area (Å²) in [5.74, 6) is 0. The topological polar surface area (TPSA) is 30.9 Å². The summed E-state index contributed by atoms with van der Waals surface area (Å²) >= 11 is 0. The average Bonchev–Trinajstić information content (AvgIpc) is 2.58. The number of aryl methyl sites for hydroxylation is 1. The number of nitrogens with zero attached hydrogens (tertiary/aromatic N) is 1. The van der Waals surface area contributed by atoms with Crippen molar-refractivity contribution in [3.63, 3.8) is 0 Å². The van der Waals surface area contributed by atoms with Crippen LogP contribution in [0.15, 0.2) is 30.5 Å². The molecule has 0 radical (unpaired) electrons. The maximum atomic E-state index is 6.19. The standard InChI is InChI=1S/C13H18N2/c1-4-15-9-8-10-6-5-7-11(12(10)15)13(2,3)14/h5-9H,4,14H2,1-3H3. The summed E-state index contributed by atoms with van der Waals surface area (Å²) in [5.41, 5.74) is 8.39. The lowest BCUT2D eigenvalue weighted by Crippen LogP contribution is -2.29. The molecular weight excluding hydrogens is 184 g/mol. The van der Waals surface area contributed by atoms with Crippen LogP contribution in [0.1, 0.15) is 26.3 Å². The summed E-state index contributed by atoms with van der Waals surface area (Å²) < 4.78 is 2.25. The largest absolute Gasteiger partial charge is 0.347 e. The highest BCUT2D eigenvalue weighted by Crippen LogP contribution is 2.27. The molecule has 0 amide bonds. The predicted octanol–water partition coefficient (Wildman–Crippen LogP) is 2.86. The fraction of sp³-hybridized carbons (Fsp3) is 0.385. The van der Waals surface area contributed by atoms with Crippen molar-refractivity contribution in [1.82, 2.24) is 4.57 Å². The third kappa shape index (κ3) is 1.65. The Kier molecular flexibility index (Phi) is 2.31. The van der Waals surface area contributed by atoms with Gasteiger partial charge in [-0.25, -0.2) is 0 Å². The van der Waals surface area contributed by atoms with E-state index in [0.29, 0.717) is 0 Å². The lowest BCUT2D eigenvalue weighted by atomic mass is 9.94. The molecule has 0 aliphatic heterocycles. The fourth-order valence-corrected chi connectivity index (χ4v) is 2.04. The zero-order valence-electron chi connectivity index (χ0n) is 9.62. The van der Waals surface area contributed by atoms with Crippen molar-refractivity contribution in [1.29, 1.82) is 0 Å². The van der Waals surface area contributed by atoms with Crippen LogP contribution in [0, 0.1) is 0 Å². The third-order valence-corrected chi connectivity index (χ3v) is 2.82. The SMILES string of the molecule is CCn1ccc2cccc(C(C)(C)N)c21. The van der Waals surface area contributed by atoms with Gasteiger partial charge in [0.15, 0.2) is 0 Å². The van der Waals surface area contributed by atoms with E-state index in [9.17, 15) is 0 Å². The minimum absolute atomic E-state index is 0.287. The van der Waals surface area contributed by atoms with Crippen molar-refractivity contribution < 1.29 is 0 Å². The second-order valence-electron chi connectivity index (χ2n) is 4.57. The Balaban J connectivity index is 2.78. The van der Waals surface area contributed by atoms with Crippen LogP contribution < -0.4 is 5.73 Å². The Bertz CT molecular complexity index is 475. The van der Waals surface area contributed by atoms with Gasteiger partial charge in [-0.15, -0.1) is 0 Å². The van der Waals surface area contributed by atoms with Crippen molar-refractivity contribution in [2.75, 3.05) is 0 Å². The summed E-state index contributed by atoms with van der Waals surface area (Å²) in [5, 5.41) is 1.27. The number of aromatic nitrogens is 1. The van der Waals surface area contributed by atoms with E-state index in [1.54, 1.807) is 0 Å². The van der Waals surface area contributed by atoms with Gasteiger partial charge in [-0.1, -0.05) is 18.2 Å². The normalized spacial score (nSPS) is 12.3. The van der Waals surface area contributed by atoms with Gasteiger partial charge in [0.2, 0.25) is 0 Å². The van der Waals surface area contributed by atoms with E-state index in [2.05, 4.69) is 55.8 Å². The number of hydrogen-bond donors (Lipinski definition) is 1. The van der Waals surface area contributed by atoms with Gasteiger partial charge in [-0.3, -0.25) is 0 Å². The number of fused-ring (bicyclic) bond motifs is 1. The Morgan fingerprint density at radius 1 is 1.27 bits per heavy atom. The fourth-order valence-electron chi connectivity index (χ4n) is 2.04. The van der Waals surface area contributed by atoms with Crippen LogP contribution in [0.4, 0.5) is 0 Å². The summed E-state index contributed by atoms with van der Waals surface area (Å²) in [6, 6.07) is 8.48. The zero-order chi connectivity index (χ0) is 11.1. The molecular formula is C13H18N2. The van der Waals surface area contributed by atoms with E-state index in [1.165, 1.54) is 16.5 Å². The molecule has 0 saturated carbocycles. The number of para-hydroxylation sites is 1. The van der Waals surface area contributed by atoms with Crippen LogP contribution in [0.5, 0.6) is 0 Å². The first-order chi connectivity index (χ1) is 7.04. The Morgan fingerprint density at radius 3 is 2.60 bits per heavy atom. The molecule has 80 valence electrons. The molecule has 0 bridgehead atoms. The molecule has 0 aliphatic rings. The first-order valence-electron chi connectivity index (χ1n) is 5.41. The molecule has 0 fully saturated rings. The monoisotopic (exact) mass is 202 g/mol. The average molecular weight is 202 g/mol. The first-order valence-corrected chi connectivity index (χ1v) is 5.41. The van der Waals surface area contributed by atoms with E-state index in [4.69, 9.17) is 5.73 Å². The molecule has 0 atom stereocenters. The minimum Gasteiger partial charge on any atom is -0.347 e. The zero-order valence-corrected chi connectivity index (χ0v) is 9.62. The number of rotatable bonds is 2. The van der Waals surface area contributed by atoms with Crippen molar-refractivity contribution in [2.24, 2.45) is 5.73 Å². The van der Waals surface area contributed by atoms with Gasteiger partial charge < -0.3 is 10.3 Å². The maximum absolute atomic E-state index is 6.19. The molecule has 2 nitrogen and oxygen atoms in total. The quantitative estimate of drug-likeness (QED) is 0.797. The molecule has 0 unspecified atom stereocenters. The van der Waals surface area contributed by atoms with E-state index in [1.807, 2.05) is 0 Å². The van der Waals surface area contributed by atoms with Crippen molar-refractivity contribution in [2.45, 2.75) is 32.9 Å². The number of nitrogens with two attached hydrogens (primary N) is 1. The van der Waals surface area contributed by atoms with Crippen LogP contribution in [0.3, 0.4) is 0 Å². The van der Waals surface area contributed by atoms with Crippen molar-refractivity contribution in [3.8, 4) is 0 Å². The van der Waals surface area contributed by atoms with Crippen LogP contribution in [-0.4, -0.2) is 4.57 Å². The van der Waals surface area contributed by atoms with Gasteiger partial charge in [-0.05, 0) is 37.8 Å². The van der Waals surface area contributed by atoms with E-state index in [-0.39, 0.29) is 5.54 Å². The lowest BCUT2D eigenvalue weighted by molar-refractivity contribution is 0.555. The molecule has 1 aromatic heterocycles. The molecule has 0 saturated heterocycles. The van der Waals surface area contributed by atoms with Crippen molar-refractivity contribution >= 4 is 10.9 Å². The second kappa shape index (κ2) is 3.38. The van der Waals surface area contributed by atoms with E-state index >= 15 is 0 Å². The third-order valence-electron chi connectivity index (χ3n) is 2.82. The summed E-state index contributed by atoms with van der Waals surface area (Å²) in [4.78, 5) is 0. The molecule has 2 aromatic rings. The lowest BCUT2D eigenvalue weighted by Gasteiger charge is -2.21. The Labute approximate surface area is 90.7 Å². The van der Waals surface area contributed by atoms with Crippen LogP contribution in [0.25, 0.3) is 10.9 Å². The van der Waals surface area contributed by atoms with E-state index in [0.717, 1.165) is 6.54 Å². The molecule has 2 N–H and O–H groups in total. The predicted molar refractivity (Wildman–Crippen MR) is 64.8 cm³/mol. The summed E-state index contributed by atoms with van der Waals surface area (Å²) in [6.45, 7) is 7.24. The smallest absolute Gasteiger partial charge is 0.0531 e.